The Kier molecular flexibility index (Phi) is 5.65. The van der Waals surface area contributed by atoms with Gasteiger partial charge in [-0.15, -0.1) is 11.3 Å². The second-order valence-corrected chi connectivity index (χ2v) is 8.05. The van der Waals surface area contributed by atoms with Gasteiger partial charge in [0, 0.05) is 44.3 Å². The first kappa shape index (κ1) is 19.8. The van der Waals surface area contributed by atoms with Crippen LogP contribution in [0.1, 0.15) is 44.1 Å². The van der Waals surface area contributed by atoms with Crippen LogP contribution in [0.4, 0.5) is 0 Å². The molecule has 3 rings (SSSR count). The fourth-order valence-electron chi connectivity index (χ4n) is 3.02. The number of esters is 1. The van der Waals surface area contributed by atoms with E-state index in [4.69, 9.17) is 9.15 Å². The quantitative estimate of drug-likeness (QED) is 0.379. The third kappa shape index (κ3) is 4.14. The maximum absolute atomic E-state index is 12.3. The molecule has 1 N–H and O–H groups in total. The molecule has 0 bridgehead atoms. The van der Waals surface area contributed by atoms with Crippen LogP contribution in [-0.2, 0) is 16.1 Å². The number of carbonyl (C=O) groups excluding carboxylic acids is 2. The molecule has 0 aliphatic heterocycles. The number of aryl methyl sites for hydroxylation is 3. The van der Waals surface area contributed by atoms with Gasteiger partial charge < -0.3 is 14.3 Å². The highest BCUT2D eigenvalue weighted by atomic mass is 32.1. The number of carbonyl (C=O) groups is 2. The molecule has 1 aromatic carbocycles. The number of Topliss-reactive ketones (excluding diaryl/α,β-unsaturated/α-hetero) is 1. The van der Waals surface area contributed by atoms with Crippen LogP contribution in [0.15, 0.2) is 33.5 Å². The lowest BCUT2D eigenvalue weighted by Crippen LogP contribution is -2.10. The van der Waals surface area contributed by atoms with Crippen LogP contribution < -0.4 is 5.63 Å². The summed E-state index contributed by atoms with van der Waals surface area (Å²) in [6, 6.07) is 6.19. The van der Waals surface area contributed by atoms with Crippen molar-refractivity contribution in [3.63, 3.8) is 0 Å². The average Bonchev–Trinajstić information content (AvgIpc) is 2.99. The van der Waals surface area contributed by atoms with E-state index in [-0.39, 0.29) is 36.6 Å². The Hall–Kier alpha value is -2.93. The molecule has 0 amide bonds. The van der Waals surface area contributed by atoms with Crippen LogP contribution in [0.5, 0.6) is 5.75 Å². The largest absolute Gasteiger partial charge is 0.508 e. The Morgan fingerprint density at radius 3 is 2.57 bits per heavy atom. The average molecular weight is 400 g/mol. The zero-order valence-electron chi connectivity index (χ0n) is 15.8. The van der Waals surface area contributed by atoms with Gasteiger partial charge in [-0.25, -0.2) is 4.79 Å². The van der Waals surface area contributed by atoms with Crippen LogP contribution in [0.2, 0.25) is 0 Å². The molecule has 28 heavy (non-hydrogen) atoms. The number of hydrogen-bond acceptors (Lipinski definition) is 7. The van der Waals surface area contributed by atoms with Gasteiger partial charge in [0.1, 0.15) is 17.9 Å². The van der Waals surface area contributed by atoms with Crippen molar-refractivity contribution in [1.82, 2.24) is 0 Å². The minimum absolute atomic E-state index is 0.0160. The monoisotopic (exact) mass is 400 g/mol. The molecule has 0 saturated carbocycles. The maximum atomic E-state index is 12.3. The SMILES string of the molecule is Cc1cc(C(=O)CCC(=O)OCc2cc(=O)oc3c(C)c(O)ccc23)c(C)s1. The van der Waals surface area contributed by atoms with Crippen LogP contribution >= 0.6 is 11.3 Å². The van der Waals surface area contributed by atoms with Gasteiger partial charge in [0.15, 0.2) is 5.78 Å². The van der Waals surface area contributed by atoms with Crippen molar-refractivity contribution in [2.75, 3.05) is 0 Å². The Morgan fingerprint density at radius 2 is 1.89 bits per heavy atom. The van der Waals surface area contributed by atoms with Crippen molar-refractivity contribution in [3.8, 4) is 5.75 Å². The van der Waals surface area contributed by atoms with Crippen LogP contribution in [0.25, 0.3) is 11.0 Å². The lowest BCUT2D eigenvalue weighted by molar-refractivity contribution is -0.144. The fraction of sp³-hybridized carbons (Fsp3) is 0.286. The topological polar surface area (TPSA) is 93.8 Å². The summed E-state index contributed by atoms with van der Waals surface area (Å²) in [4.78, 5) is 38.1. The lowest BCUT2D eigenvalue weighted by atomic mass is 10.1. The zero-order valence-corrected chi connectivity index (χ0v) is 16.6. The van der Waals surface area contributed by atoms with E-state index in [1.807, 2.05) is 19.9 Å². The molecule has 0 saturated heterocycles. The first-order chi connectivity index (χ1) is 13.3. The minimum Gasteiger partial charge on any atom is -0.508 e. The van der Waals surface area contributed by atoms with E-state index in [1.165, 1.54) is 12.1 Å². The first-order valence-electron chi connectivity index (χ1n) is 8.77. The smallest absolute Gasteiger partial charge is 0.336 e. The van der Waals surface area contributed by atoms with E-state index in [9.17, 15) is 19.5 Å². The molecule has 0 aliphatic carbocycles. The van der Waals surface area contributed by atoms with Gasteiger partial charge in [0.25, 0.3) is 0 Å². The Labute approximate surface area is 165 Å². The Balaban J connectivity index is 1.66. The van der Waals surface area contributed by atoms with Gasteiger partial charge in [-0.1, -0.05) is 0 Å². The predicted octanol–water partition coefficient (Wildman–Crippen LogP) is 4.19. The number of ether oxygens (including phenoxy) is 1. The first-order valence-corrected chi connectivity index (χ1v) is 9.59. The number of ketones is 1. The van der Waals surface area contributed by atoms with Crippen molar-refractivity contribution in [2.24, 2.45) is 0 Å². The number of thiophene rings is 1. The molecule has 0 aliphatic rings. The van der Waals surface area contributed by atoms with Crippen LogP contribution in [0.3, 0.4) is 0 Å². The number of phenols is 1. The molecule has 146 valence electrons. The highest BCUT2D eigenvalue weighted by Gasteiger charge is 2.16. The standard InChI is InChI=1S/C21H20O6S/c1-11-8-16(13(3)28-11)18(23)6-7-19(24)26-10-14-9-20(25)27-21-12(2)17(22)5-4-15(14)21/h4-5,8-9,22H,6-7,10H2,1-3H3. The summed E-state index contributed by atoms with van der Waals surface area (Å²) in [6.07, 6.45) is 0.0346. The van der Waals surface area contributed by atoms with E-state index >= 15 is 0 Å². The summed E-state index contributed by atoms with van der Waals surface area (Å²) in [5.74, 6) is -0.590. The molecule has 0 radical (unpaired) electrons. The molecule has 3 aromatic rings. The van der Waals surface area contributed by atoms with Gasteiger partial charge >= 0.3 is 11.6 Å². The highest BCUT2D eigenvalue weighted by molar-refractivity contribution is 7.12. The Morgan fingerprint density at radius 1 is 1.14 bits per heavy atom. The third-order valence-electron chi connectivity index (χ3n) is 4.50. The number of rotatable bonds is 6. The van der Waals surface area contributed by atoms with E-state index in [1.54, 1.807) is 24.3 Å². The molecule has 0 spiro atoms. The molecule has 0 fully saturated rings. The van der Waals surface area contributed by atoms with Crippen molar-refractivity contribution in [2.45, 2.75) is 40.2 Å². The zero-order chi connectivity index (χ0) is 20.4. The van der Waals surface area contributed by atoms with Crippen LogP contribution in [0, 0.1) is 20.8 Å². The van der Waals surface area contributed by atoms with Gasteiger partial charge in [-0.05, 0) is 39.0 Å². The summed E-state index contributed by atoms with van der Waals surface area (Å²) in [5, 5.41) is 10.4. The molecule has 2 aromatic heterocycles. The van der Waals surface area contributed by atoms with E-state index in [2.05, 4.69) is 0 Å². The maximum Gasteiger partial charge on any atom is 0.336 e. The normalized spacial score (nSPS) is 11.0. The summed E-state index contributed by atoms with van der Waals surface area (Å²) in [7, 11) is 0. The molecular formula is C21H20O6S. The number of hydrogen-bond donors (Lipinski definition) is 1. The molecule has 7 heteroatoms. The van der Waals surface area contributed by atoms with E-state index in [0.717, 1.165) is 9.75 Å². The lowest BCUT2D eigenvalue weighted by Gasteiger charge is -2.09. The number of aromatic hydroxyl groups is 1. The second kappa shape index (κ2) is 7.98. The Bertz CT molecular complexity index is 1120. The second-order valence-electron chi connectivity index (χ2n) is 6.59. The summed E-state index contributed by atoms with van der Waals surface area (Å²) < 4.78 is 10.4. The molecule has 0 unspecified atom stereocenters. The van der Waals surface area contributed by atoms with Gasteiger partial charge in [0.2, 0.25) is 0 Å². The highest BCUT2D eigenvalue weighted by Crippen LogP contribution is 2.28. The summed E-state index contributed by atoms with van der Waals surface area (Å²) >= 11 is 1.55. The van der Waals surface area contributed by atoms with Gasteiger partial charge in [-0.2, -0.15) is 0 Å². The molecular weight excluding hydrogens is 380 g/mol. The van der Waals surface area contributed by atoms with Crippen molar-refractivity contribution in [3.05, 3.63) is 61.1 Å². The van der Waals surface area contributed by atoms with E-state index in [0.29, 0.717) is 22.1 Å². The van der Waals surface area contributed by atoms with Crippen molar-refractivity contribution >= 4 is 34.1 Å². The number of fused-ring (bicyclic) bond motifs is 1. The number of phenolic OH excluding ortho intramolecular Hbond substituents is 1. The number of benzene rings is 1. The fourth-order valence-corrected chi connectivity index (χ4v) is 3.97. The van der Waals surface area contributed by atoms with E-state index < -0.39 is 11.6 Å². The summed E-state index contributed by atoms with van der Waals surface area (Å²) in [6.45, 7) is 5.34. The molecule has 0 atom stereocenters. The molecule has 6 nitrogen and oxygen atoms in total. The van der Waals surface area contributed by atoms with Crippen LogP contribution in [-0.4, -0.2) is 16.9 Å². The predicted molar refractivity (Wildman–Crippen MR) is 106 cm³/mol. The van der Waals surface area contributed by atoms with Crippen molar-refractivity contribution < 1.29 is 23.8 Å². The minimum atomic E-state index is -0.592. The third-order valence-corrected chi connectivity index (χ3v) is 5.47. The van der Waals surface area contributed by atoms with Crippen molar-refractivity contribution in [1.29, 1.82) is 0 Å². The molecule has 2 heterocycles. The van der Waals surface area contributed by atoms with Gasteiger partial charge in [-0.3, -0.25) is 9.59 Å². The van der Waals surface area contributed by atoms with Gasteiger partial charge in [0.05, 0.1) is 6.42 Å². The summed E-state index contributed by atoms with van der Waals surface area (Å²) in [5.41, 5.74) is 1.24.